The van der Waals surface area contributed by atoms with Crippen LogP contribution in [-0.2, 0) is 0 Å². The topological polar surface area (TPSA) is 13.1 Å². The van der Waals surface area contributed by atoms with Gasteiger partial charge in [0.15, 0.2) is 0 Å². The number of alkyl halides is 1. The van der Waals surface area contributed by atoms with Gasteiger partial charge in [-0.3, -0.25) is 0 Å². The van der Waals surface area contributed by atoms with E-state index in [9.17, 15) is 0 Å². The van der Waals surface area contributed by atoms with E-state index >= 15 is 0 Å². The summed E-state index contributed by atoms with van der Waals surface area (Å²) in [5.41, 5.74) is 5.09. The van der Waals surface area contributed by atoms with Crippen molar-refractivity contribution in [2.45, 2.75) is 32.5 Å². The number of furan rings is 1. The molecule has 0 saturated heterocycles. The zero-order valence-electron chi connectivity index (χ0n) is 12.8. The predicted molar refractivity (Wildman–Crippen MR) is 92.4 cm³/mol. The molecule has 2 heteroatoms. The van der Waals surface area contributed by atoms with Crippen LogP contribution in [-0.4, -0.2) is 0 Å². The standard InChI is InChI=1S/C19H19BrO/c1-11-9-10-17(16-8-6-5-7-15(11)16)19(20)18-12(2)13(3)21-14(18)4/h5-10,19H,1-4H3. The van der Waals surface area contributed by atoms with Crippen LogP contribution in [0.5, 0.6) is 0 Å². The first kappa shape index (κ1) is 14.4. The molecule has 0 saturated carbocycles. The highest BCUT2D eigenvalue weighted by Crippen LogP contribution is 2.40. The van der Waals surface area contributed by atoms with Crippen LogP contribution in [0, 0.1) is 27.7 Å². The van der Waals surface area contributed by atoms with Gasteiger partial charge < -0.3 is 4.42 Å². The van der Waals surface area contributed by atoms with Crippen molar-refractivity contribution < 1.29 is 4.42 Å². The van der Waals surface area contributed by atoms with Gasteiger partial charge in [0.2, 0.25) is 0 Å². The first-order chi connectivity index (χ1) is 10.0. The van der Waals surface area contributed by atoms with Gasteiger partial charge in [-0.15, -0.1) is 0 Å². The molecule has 3 aromatic rings. The average Bonchev–Trinajstić information content (AvgIpc) is 2.72. The fourth-order valence-electron chi connectivity index (χ4n) is 3.03. The van der Waals surface area contributed by atoms with Crippen molar-refractivity contribution in [2.24, 2.45) is 0 Å². The monoisotopic (exact) mass is 342 g/mol. The summed E-state index contributed by atoms with van der Waals surface area (Å²) in [6.45, 7) is 8.36. The quantitative estimate of drug-likeness (QED) is 0.509. The minimum Gasteiger partial charge on any atom is -0.466 e. The second-order valence-electron chi connectivity index (χ2n) is 5.63. The summed E-state index contributed by atoms with van der Waals surface area (Å²) < 4.78 is 5.79. The first-order valence-corrected chi connectivity index (χ1v) is 8.11. The van der Waals surface area contributed by atoms with Gasteiger partial charge >= 0.3 is 0 Å². The van der Waals surface area contributed by atoms with Gasteiger partial charge in [0, 0.05) is 5.56 Å². The Morgan fingerprint density at radius 2 is 1.52 bits per heavy atom. The van der Waals surface area contributed by atoms with Crippen molar-refractivity contribution in [1.29, 1.82) is 0 Å². The summed E-state index contributed by atoms with van der Waals surface area (Å²) in [6, 6.07) is 13.0. The van der Waals surface area contributed by atoms with Crippen LogP contribution in [0.25, 0.3) is 10.8 Å². The third-order valence-electron chi connectivity index (χ3n) is 4.32. The van der Waals surface area contributed by atoms with Crippen molar-refractivity contribution in [1.82, 2.24) is 0 Å². The molecule has 0 bridgehead atoms. The number of hydrogen-bond donors (Lipinski definition) is 0. The number of hydrogen-bond acceptors (Lipinski definition) is 1. The van der Waals surface area contributed by atoms with Gasteiger partial charge in [0.05, 0.1) is 4.83 Å². The summed E-state index contributed by atoms with van der Waals surface area (Å²) in [5.74, 6) is 2.00. The molecule has 0 spiro atoms. The predicted octanol–water partition coefficient (Wildman–Crippen LogP) is 6.15. The zero-order valence-corrected chi connectivity index (χ0v) is 14.4. The Bertz CT molecular complexity index is 814. The van der Waals surface area contributed by atoms with Gasteiger partial charge in [0.1, 0.15) is 11.5 Å². The van der Waals surface area contributed by atoms with Crippen LogP contribution in [0.2, 0.25) is 0 Å². The summed E-state index contributed by atoms with van der Waals surface area (Å²) in [7, 11) is 0. The summed E-state index contributed by atoms with van der Waals surface area (Å²) >= 11 is 3.89. The van der Waals surface area contributed by atoms with E-state index < -0.39 is 0 Å². The summed E-state index contributed by atoms with van der Waals surface area (Å²) in [6.07, 6.45) is 0. The van der Waals surface area contributed by atoms with E-state index in [0.29, 0.717) is 0 Å². The molecule has 1 aromatic heterocycles. The molecule has 3 rings (SSSR count). The molecular formula is C19H19BrO. The van der Waals surface area contributed by atoms with Crippen LogP contribution >= 0.6 is 15.9 Å². The largest absolute Gasteiger partial charge is 0.466 e. The molecule has 0 radical (unpaired) electrons. The van der Waals surface area contributed by atoms with E-state index in [1.165, 1.54) is 33.0 Å². The van der Waals surface area contributed by atoms with E-state index in [4.69, 9.17) is 4.42 Å². The van der Waals surface area contributed by atoms with Gasteiger partial charge in [0.25, 0.3) is 0 Å². The molecule has 0 N–H and O–H groups in total. The fraction of sp³-hybridized carbons (Fsp3) is 0.263. The van der Waals surface area contributed by atoms with Gasteiger partial charge in [-0.1, -0.05) is 52.3 Å². The molecule has 1 unspecified atom stereocenters. The SMILES string of the molecule is Cc1oc(C)c(C(Br)c2ccc(C)c3ccccc23)c1C. The lowest BCUT2D eigenvalue weighted by Crippen LogP contribution is -1.97. The highest BCUT2D eigenvalue weighted by molar-refractivity contribution is 9.09. The number of halogens is 1. The molecular weight excluding hydrogens is 324 g/mol. The Kier molecular flexibility index (Phi) is 3.66. The van der Waals surface area contributed by atoms with E-state index in [0.717, 1.165) is 11.5 Å². The lowest BCUT2D eigenvalue weighted by molar-refractivity contribution is 0.500. The van der Waals surface area contributed by atoms with E-state index in [1.807, 2.05) is 13.8 Å². The number of benzene rings is 2. The minimum absolute atomic E-state index is 0.153. The summed E-state index contributed by atoms with van der Waals surface area (Å²) in [4.78, 5) is 0.153. The van der Waals surface area contributed by atoms with E-state index in [-0.39, 0.29) is 4.83 Å². The molecule has 1 nitrogen and oxygen atoms in total. The Labute approximate surface area is 134 Å². The third-order valence-corrected chi connectivity index (χ3v) is 5.27. The maximum absolute atomic E-state index is 5.79. The Morgan fingerprint density at radius 1 is 0.857 bits per heavy atom. The second kappa shape index (κ2) is 5.34. The molecule has 21 heavy (non-hydrogen) atoms. The van der Waals surface area contributed by atoms with Gasteiger partial charge in [-0.25, -0.2) is 0 Å². The van der Waals surface area contributed by atoms with Crippen LogP contribution < -0.4 is 0 Å². The van der Waals surface area contributed by atoms with Crippen LogP contribution in [0.4, 0.5) is 0 Å². The normalized spacial score (nSPS) is 12.8. The molecule has 0 aliphatic rings. The lowest BCUT2D eigenvalue weighted by Gasteiger charge is -2.15. The molecule has 0 aliphatic carbocycles. The molecule has 1 atom stereocenters. The Hall–Kier alpha value is -1.54. The van der Waals surface area contributed by atoms with Crippen molar-refractivity contribution in [3.8, 4) is 0 Å². The van der Waals surface area contributed by atoms with Crippen LogP contribution in [0.3, 0.4) is 0 Å². The highest BCUT2D eigenvalue weighted by Gasteiger charge is 2.22. The van der Waals surface area contributed by atoms with Gasteiger partial charge in [-0.2, -0.15) is 0 Å². The summed E-state index contributed by atoms with van der Waals surface area (Å²) in [5, 5.41) is 2.62. The maximum Gasteiger partial charge on any atom is 0.106 e. The minimum atomic E-state index is 0.153. The van der Waals surface area contributed by atoms with Gasteiger partial charge in [-0.05, 0) is 55.2 Å². The van der Waals surface area contributed by atoms with Crippen LogP contribution in [0.1, 0.15) is 38.6 Å². The van der Waals surface area contributed by atoms with Crippen LogP contribution in [0.15, 0.2) is 40.8 Å². The number of fused-ring (bicyclic) bond motifs is 1. The smallest absolute Gasteiger partial charge is 0.106 e. The Morgan fingerprint density at radius 3 is 2.14 bits per heavy atom. The van der Waals surface area contributed by atoms with Crippen molar-refractivity contribution in [3.05, 3.63) is 70.2 Å². The molecule has 1 heterocycles. The average molecular weight is 343 g/mol. The number of rotatable bonds is 2. The lowest BCUT2D eigenvalue weighted by atomic mass is 9.94. The highest BCUT2D eigenvalue weighted by atomic mass is 79.9. The number of aryl methyl sites for hydroxylation is 3. The molecule has 2 aromatic carbocycles. The molecule has 0 fully saturated rings. The molecule has 108 valence electrons. The van der Waals surface area contributed by atoms with E-state index in [1.54, 1.807) is 0 Å². The third kappa shape index (κ3) is 2.32. The van der Waals surface area contributed by atoms with Crippen molar-refractivity contribution in [2.75, 3.05) is 0 Å². The first-order valence-electron chi connectivity index (χ1n) is 7.19. The zero-order chi connectivity index (χ0) is 15.1. The van der Waals surface area contributed by atoms with Crippen molar-refractivity contribution in [3.63, 3.8) is 0 Å². The second-order valence-corrected chi connectivity index (χ2v) is 6.55. The van der Waals surface area contributed by atoms with E-state index in [2.05, 4.69) is 66.2 Å². The Balaban J connectivity index is 2.23. The van der Waals surface area contributed by atoms with Crippen molar-refractivity contribution >= 4 is 26.7 Å². The fourth-order valence-corrected chi connectivity index (χ4v) is 4.10. The molecule has 0 aliphatic heterocycles. The molecule has 0 amide bonds. The maximum atomic E-state index is 5.79.